The molecule has 1 aliphatic heterocycles. The molecule has 0 aliphatic carbocycles. The van der Waals surface area contributed by atoms with Gasteiger partial charge in [0.25, 0.3) is 0 Å². The van der Waals surface area contributed by atoms with E-state index in [1.807, 2.05) is 24.5 Å². The van der Waals surface area contributed by atoms with Gasteiger partial charge < -0.3 is 9.31 Å². The first kappa shape index (κ1) is 45.0. The van der Waals surface area contributed by atoms with Crippen molar-refractivity contribution < 1.29 is 9.31 Å². The fourth-order valence-electron chi connectivity index (χ4n) is 7.89. The molecule has 8 heteroatoms. The smallest absolute Gasteiger partial charge is 0.399 e. The van der Waals surface area contributed by atoms with Crippen LogP contribution < -0.4 is 5.46 Å². The molecule has 0 amide bonds. The van der Waals surface area contributed by atoms with E-state index in [4.69, 9.17) is 19.3 Å². The Morgan fingerprint density at radius 3 is 1.44 bits per heavy atom. The second kappa shape index (κ2) is 18.4. The Kier molecular flexibility index (Phi) is 13.3. The normalized spacial score (nSPS) is 14.6. The predicted octanol–water partition coefficient (Wildman–Crippen LogP) is 14.5. The lowest BCUT2D eigenvalue weighted by molar-refractivity contribution is 0.00578. The van der Waals surface area contributed by atoms with E-state index in [1.54, 1.807) is 0 Å². The number of fused-ring (bicyclic) bond motifs is 6. The van der Waals surface area contributed by atoms with Gasteiger partial charge in [-0.05, 0) is 131 Å². The Hall–Kier alpha value is -5.02. The highest BCUT2D eigenvalue weighted by atomic mass is 79.9. The molecule has 8 aromatic rings. The molecule has 4 aromatic carbocycles. The summed E-state index contributed by atoms with van der Waals surface area (Å²) in [5.74, 6) is 1.83. The second-order valence-corrected chi connectivity index (χ2v) is 19.5. The molecule has 0 saturated carbocycles. The van der Waals surface area contributed by atoms with Crippen LogP contribution in [0.1, 0.15) is 129 Å². The monoisotopic (exact) mass is 886 g/mol. The van der Waals surface area contributed by atoms with Gasteiger partial charge in [0.2, 0.25) is 0 Å². The second-order valence-electron chi connectivity index (χ2n) is 18.7. The molecule has 0 atom stereocenters. The molecule has 0 spiro atoms. The molecule has 0 radical (unpaired) electrons. The molecule has 1 saturated heterocycles. The summed E-state index contributed by atoms with van der Waals surface area (Å²) in [6.45, 7) is 25.9. The van der Waals surface area contributed by atoms with Crippen LogP contribution in [-0.4, -0.2) is 38.3 Å². The molecule has 6 nitrogen and oxygen atoms in total. The van der Waals surface area contributed by atoms with Crippen LogP contribution in [0.3, 0.4) is 0 Å². The zero-order chi connectivity index (χ0) is 44.5. The zero-order valence-corrected chi connectivity index (χ0v) is 40.0. The van der Waals surface area contributed by atoms with Gasteiger partial charge in [0.15, 0.2) is 0 Å². The van der Waals surface area contributed by atoms with E-state index in [1.165, 1.54) is 43.4 Å². The SMILES string of the molecule is CC(C)c1ccnc(-c2ccc3c(c2)nc(C(C)C)c2ccccc23)c1.CC(C)c1ccnc(Br)c1.CC(C)c1nc2cc(B3OC(C)(C)C(C)(C)O3)ccc2c2ccccc12. The van der Waals surface area contributed by atoms with Gasteiger partial charge in [0, 0.05) is 39.5 Å². The molecule has 318 valence electrons. The molecule has 0 N–H and O–H groups in total. The maximum absolute atomic E-state index is 6.21. The number of benzene rings is 4. The van der Waals surface area contributed by atoms with Crippen LogP contribution in [0.25, 0.3) is 54.6 Å². The summed E-state index contributed by atoms with van der Waals surface area (Å²) >= 11 is 3.32. The van der Waals surface area contributed by atoms with Gasteiger partial charge in [-0.15, -0.1) is 0 Å². The fraction of sp³-hybridized carbons (Fsp3) is 0.333. The Balaban J connectivity index is 0.000000153. The van der Waals surface area contributed by atoms with Gasteiger partial charge in [-0.3, -0.25) is 15.0 Å². The maximum Gasteiger partial charge on any atom is 0.494 e. The van der Waals surface area contributed by atoms with Crippen molar-refractivity contribution in [1.82, 2.24) is 19.9 Å². The quantitative estimate of drug-likeness (QED) is 0.0941. The van der Waals surface area contributed by atoms with Gasteiger partial charge in [-0.1, -0.05) is 128 Å². The summed E-state index contributed by atoms with van der Waals surface area (Å²) in [6, 6.07) is 38.4. The number of nitrogens with zero attached hydrogens (tertiary/aromatic N) is 4. The van der Waals surface area contributed by atoms with Crippen LogP contribution in [-0.2, 0) is 9.31 Å². The minimum atomic E-state index is -0.361. The van der Waals surface area contributed by atoms with E-state index in [9.17, 15) is 0 Å². The summed E-state index contributed by atoms with van der Waals surface area (Å²) in [6.07, 6.45) is 3.72. The highest BCUT2D eigenvalue weighted by Gasteiger charge is 2.51. The molecule has 62 heavy (non-hydrogen) atoms. The van der Waals surface area contributed by atoms with Crippen LogP contribution in [0.15, 0.2) is 126 Å². The van der Waals surface area contributed by atoms with Crippen LogP contribution in [0.2, 0.25) is 0 Å². The van der Waals surface area contributed by atoms with Crippen molar-refractivity contribution in [3.05, 3.63) is 149 Å². The summed E-state index contributed by atoms with van der Waals surface area (Å²) in [7, 11) is -0.361. The largest absolute Gasteiger partial charge is 0.494 e. The van der Waals surface area contributed by atoms with Crippen LogP contribution in [0, 0.1) is 0 Å². The van der Waals surface area contributed by atoms with Crippen molar-refractivity contribution in [1.29, 1.82) is 0 Å². The minimum Gasteiger partial charge on any atom is -0.399 e. The van der Waals surface area contributed by atoms with Gasteiger partial charge in [-0.25, -0.2) is 4.98 Å². The molecule has 0 unspecified atom stereocenters. The number of hydrogen-bond acceptors (Lipinski definition) is 6. The third-order valence-electron chi connectivity index (χ3n) is 12.3. The van der Waals surface area contributed by atoms with Gasteiger partial charge in [0.05, 0.1) is 39.3 Å². The van der Waals surface area contributed by atoms with Crippen molar-refractivity contribution >= 4 is 71.9 Å². The average Bonchev–Trinajstić information content (AvgIpc) is 3.48. The maximum atomic E-state index is 6.21. The lowest BCUT2D eigenvalue weighted by Gasteiger charge is -2.32. The van der Waals surface area contributed by atoms with Crippen molar-refractivity contribution in [2.45, 2.75) is 118 Å². The minimum absolute atomic E-state index is 0.341. The highest BCUT2D eigenvalue weighted by Crippen LogP contribution is 2.38. The lowest BCUT2D eigenvalue weighted by atomic mass is 9.78. The van der Waals surface area contributed by atoms with E-state index >= 15 is 0 Å². The Bertz CT molecular complexity index is 2850. The summed E-state index contributed by atoms with van der Waals surface area (Å²) in [4.78, 5) is 18.6. The molecular formula is C54H60BBrN4O2. The van der Waals surface area contributed by atoms with Crippen molar-refractivity contribution in [3.8, 4) is 11.3 Å². The zero-order valence-electron chi connectivity index (χ0n) is 38.4. The number of aromatic nitrogens is 4. The van der Waals surface area contributed by atoms with E-state index in [0.29, 0.717) is 23.7 Å². The van der Waals surface area contributed by atoms with Gasteiger partial charge in [-0.2, -0.15) is 0 Å². The third kappa shape index (κ3) is 9.48. The first-order chi connectivity index (χ1) is 29.4. The van der Waals surface area contributed by atoms with E-state index in [2.05, 4.69) is 206 Å². The fourth-order valence-corrected chi connectivity index (χ4v) is 8.27. The van der Waals surface area contributed by atoms with Crippen molar-refractivity contribution in [2.75, 3.05) is 0 Å². The van der Waals surface area contributed by atoms with Crippen LogP contribution >= 0.6 is 15.9 Å². The van der Waals surface area contributed by atoms with E-state index < -0.39 is 0 Å². The molecule has 0 bridgehead atoms. The number of hydrogen-bond donors (Lipinski definition) is 0. The average molecular weight is 888 g/mol. The summed E-state index contributed by atoms with van der Waals surface area (Å²) < 4.78 is 13.3. The van der Waals surface area contributed by atoms with Gasteiger partial charge in [0.1, 0.15) is 4.60 Å². The third-order valence-corrected chi connectivity index (χ3v) is 12.7. The van der Waals surface area contributed by atoms with E-state index in [0.717, 1.165) is 43.7 Å². The van der Waals surface area contributed by atoms with Crippen LogP contribution in [0.5, 0.6) is 0 Å². The number of rotatable bonds is 6. The lowest BCUT2D eigenvalue weighted by Crippen LogP contribution is -2.41. The predicted molar refractivity (Wildman–Crippen MR) is 266 cm³/mol. The Labute approximate surface area is 377 Å². The van der Waals surface area contributed by atoms with Crippen molar-refractivity contribution in [3.63, 3.8) is 0 Å². The summed E-state index contributed by atoms with van der Waals surface area (Å²) in [5.41, 5.74) is 9.45. The molecular weight excluding hydrogens is 827 g/mol. The molecule has 5 heterocycles. The van der Waals surface area contributed by atoms with Crippen molar-refractivity contribution in [2.24, 2.45) is 0 Å². The van der Waals surface area contributed by atoms with E-state index in [-0.39, 0.29) is 18.3 Å². The number of halogens is 1. The van der Waals surface area contributed by atoms with Gasteiger partial charge >= 0.3 is 7.12 Å². The first-order valence-electron chi connectivity index (χ1n) is 22.0. The Morgan fingerprint density at radius 2 is 0.952 bits per heavy atom. The topological polar surface area (TPSA) is 70.0 Å². The molecule has 4 aromatic heterocycles. The Morgan fingerprint density at radius 1 is 0.484 bits per heavy atom. The summed E-state index contributed by atoms with van der Waals surface area (Å²) in [5, 5.41) is 7.39. The highest BCUT2D eigenvalue weighted by molar-refractivity contribution is 9.10. The van der Waals surface area contributed by atoms with Crippen LogP contribution in [0.4, 0.5) is 0 Å². The molecule has 1 fully saturated rings. The standard InChI is InChI=1S/C24H24N2.C22H26BNO2.C8H10BrN/c1-15(2)17-11-12-25-22(13-17)18-9-10-20-19-7-5-6-8-21(19)24(16(3)4)26-23(20)14-18;1-14(2)20-18-10-8-7-9-16(18)17-12-11-15(13-19(17)24-20)23-25-21(3,4)22(5,6)26-23;1-6(2)7-3-4-10-8(9)5-7/h5-16H,1-4H3;7-14H,1-6H3;3-6H,1-2H3. The number of pyridine rings is 4. The molecule has 1 aliphatic rings. The first-order valence-corrected chi connectivity index (χ1v) is 22.8. The molecule has 9 rings (SSSR count).